The van der Waals surface area contributed by atoms with Crippen LogP contribution in [0.15, 0.2) is 37.4 Å². The van der Waals surface area contributed by atoms with Gasteiger partial charge in [0.15, 0.2) is 0 Å². The summed E-state index contributed by atoms with van der Waals surface area (Å²) < 4.78 is 0. The zero-order valence-electron chi connectivity index (χ0n) is 8.22. The molecule has 0 aromatic heterocycles. The third-order valence-corrected chi connectivity index (χ3v) is 1.85. The standard InChI is InChI=1S/C12H14.H2S/c1-9(2)11-6-5-7-12(8-11)10(3)4;/h5-8H,1,3H2,2,4H3;1H2. The Labute approximate surface area is 87.4 Å². The highest BCUT2D eigenvalue weighted by Crippen LogP contribution is 2.17. The normalized spacial score (nSPS) is 8.77. The quantitative estimate of drug-likeness (QED) is 0.667. The van der Waals surface area contributed by atoms with E-state index in [0.717, 1.165) is 11.1 Å². The van der Waals surface area contributed by atoms with Gasteiger partial charge in [-0.05, 0) is 31.0 Å². The van der Waals surface area contributed by atoms with Crippen LogP contribution >= 0.6 is 13.5 Å². The number of rotatable bonds is 2. The molecule has 0 heterocycles. The van der Waals surface area contributed by atoms with Crippen molar-refractivity contribution >= 4 is 24.6 Å². The molecule has 0 nitrogen and oxygen atoms in total. The lowest BCUT2D eigenvalue weighted by Gasteiger charge is -2.03. The second-order valence-corrected chi connectivity index (χ2v) is 3.14. The largest absolute Gasteiger partial charge is 0.197 e. The molecule has 1 aromatic carbocycles. The van der Waals surface area contributed by atoms with Crippen molar-refractivity contribution in [1.82, 2.24) is 0 Å². The molecule has 0 aliphatic carbocycles. The molecule has 0 fully saturated rings. The molecule has 70 valence electrons. The summed E-state index contributed by atoms with van der Waals surface area (Å²) in [6.45, 7) is 11.8. The van der Waals surface area contributed by atoms with Crippen LogP contribution in [0, 0.1) is 0 Å². The van der Waals surface area contributed by atoms with Gasteiger partial charge < -0.3 is 0 Å². The monoisotopic (exact) mass is 192 g/mol. The SMILES string of the molecule is C=C(C)c1cccc(C(=C)C)c1.S. The van der Waals surface area contributed by atoms with Crippen molar-refractivity contribution in [2.24, 2.45) is 0 Å². The summed E-state index contributed by atoms with van der Waals surface area (Å²) in [6.07, 6.45) is 0. The van der Waals surface area contributed by atoms with Gasteiger partial charge in [0, 0.05) is 0 Å². The molecule has 0 saturated carbocycles. The summed E-state index contributed by atoms with van der Waals surface area (Å²) in [6, 6.07) is 8.28. The fourth-order valence-electron chi connectivity index (χ4n) is 1.05. The molecule has 13 heavy (non-hydrogen) atoms. The maximum absolute atomic E-state index is 3.90. The second kappa shape index (κ2) is 4.93. The van der Waals surface area contributed by atoms with Gasteiger partial charge in [-0.3, -0.25) is 0 Å². The molecule has 0 aliphatic heterocycles. The third-order valence-electron chi connectivity index (χ3n) is 1.85. The third kappa shape index (κ3) is 3.11. The summed E-state index contributed by atoms with van der Waals surface area (Å²) >= 11 is 0. The minimum atomic E-state index is 0. The highest BCUT2D eigenvalue weighted by molar-refractivity contribution is 7.59. The van der Waals surface area contributed by atoms with Crippen molar-refractivity contribution in [1.29, 1.82) is 0 Å². The minimum Gasteiger partial charge on any atom is -0.197 e. The van der Waals surface area contributed by atoms with E-state index in [0.29, 0.717) is 0 Å². The van der Waals surface area contributed by atoms with E-state index in [2.05, 4.69) is 31.4 Å². The van der Waals surface area contributed by atoms with E-state index >= 15 is 0 Å². The molecule has 0 spiro atoms. The van der Waals surface area contributed by atoms with Crippen LogP contribution in [-0.2, 0) is 0 Å². The first-order chi connectivity index (χ1) is 5.61. The summed E-state index contributed by atoms with van der Waals surface area (Å²) in [4.78, 5) is 0. The van der Waals surface area contributed by atoms with Gasteiger partial charge in [-0.2, -0.15) is 13.5 Å². The molecule has 1 heteroatoms. The van der Waals surface area contributed by atoms with Gasteiger partial charge in [-0.25, -0.2) is 0 Å². The molecule has 1 rings (SSSR count). The molecular weight excluding hydrogens is 176 g/mol. The van der Waals surface area contributed by atoms with Crippen molar-refractivity contribution in [2.45, 2.75) is 13.8 Å². The average molecular weight is 192 g/mol. The van der Waals surface area contributed by atoms with Gasteiger partial charge in [0.05, 0.1) is 0 Å². The van der Waals surface area contributed by atoms with Crippen LogP contribution in [0.3, 0.4) is 0 Å². The Kier molecular flexibility index (Phi) is 4.57. The molecule has 0 amide bonds. The van der Waals surface area contributed by atoms with E-state index in [1.54, 1.807) is 0 Å². The number of benzene rings is 1. The molecule has 1 aromatic rings. The lowest BCUT2D eigenvalue weighted by molar-refractivity contribution is 1.52. The Morgan fingerprint density at radius 1 is 1.00 bits per heavy atom. The van der Waals surface area contributed by atoms with Gasteiger partial charge in [-0.15, -0.1) is 0 Å². The van der Waals surface area contributed by atoms with Crippen molar-refractivity contribution in [3.8, 4) is 0 Å². The van der Waals surface area contributed by atoms with Gasteiger partial charge in [0.1, 0.15) is 0 Å². The zero-order valence-corrected chi connectivity index (χ0v) is 9.22. The fourth-order valence-corrected chi connectivity index (χ4v) is 1.05. The smallest absolute Gasteiger partial charge is 0.0227 e. The highest BCUT2D eigenvalue weighted by Gasteiger charge is 1.95. The Morgan fingerprint density at radius 3 is 1.69 bits per heavy atom. The summed E-state index contributed by atoms with van der Waals surface area (Å²) in [5.41, 5.74) is 4.57. The predicted molar refractivity (Wildman–Crippen MR) is 66.2 cm³/mol. The molecule has 0 radical (unpaired) electrons. The van der Waals surface area contributed by atoms with Crippen molar-refractivity contribution in [2.75, 3.05) is 0 Å². The lowest BCUT2D eigenvalue weighted by atomic mass is 10.0. The summed E-state index contributed by atoms with van der Waals surface area (Å²) in [5.74, 6) is 0. The van der Waals surface area contributed by atoms with Crippen molar-refractivity contribution in [3.05, 3.63) is 48.6 Å². The van der Waals surface area contributed by atoms with E-state index in [1.165, 1.54) is 11.1 Å². The molecule has 0 saturated heterocycles. The van der Waals surface area contributed by atoms with Crippen LogP contribution in [0.1, 0.15) is 25.0 Å². The molecule has 0 unspecified atom stereocenters. The second-order valence-electron chi connectivity index (χ2n) is 3.14. The van der Waals surface area contributed by atoms with Crippen LogP contribution in [0.5, 0.6) is 0 Å². The first-order valence-corrected chi connectivity index (χ1v) is 4.03. The van der Waals surface area contributed by atoms with Crippen LogP contribution in [-0.4, -0.2) is 0 Å². The van der Waals surface area contributed by atoms with Gasteiger partial charge >= 0.3 is 0 Å². The van der Waals surface area contributed by atoms with E-state index in [1.807, 2.05) is 19.9 Å². The molecule has 0 bridgehead atoms. The zero-order chi connectivity index (χ0) is 9.14. The van der Waals surface area contributed by atoms with Gasteiger partial charge in [-0.1, -0.05) is 42.5 Å². The first kappa shape index (κ1) is 12.0. The van der Waals surface area contributed by atoms with Crippen molar-refractivity contribution < 1.29 is 0 Å². The van der Waals surface area contributed by atoms with Crippen LogP contribution < -0.4 is 0 Å². The number of allylic oxidation sites excluding steroid dienone is 2. The average Bonchev–Trinajstić information content (AvgIpc) is 2.04. The Balaban J connectivity index is 0.00000144. The van der Waals surface area contributed by atoms with Crippen LogP contribution in [0.25, 0.3) is 11.1 Å². The molecule has 0 aliphatic rings. The van der Waals surface area contributed by atoms with E-state index < -0.39 is 0 Å². The van der Waals surface area contributed by atoms with E-state index in [-0.39, 0.29) is 13.5 Å². The summed E-state index contributed by atoms with van der Waals surface area (Å²) in [5, 5.41) is 0. The van der Waals surface area contributed by atoms with Crippen molar-refractivity contribution in [3.63, 3.8) is 0 Å². The topological polar surface area (TPSA) is 0 Å². The van der Waals surface area contributed by atoms with Gasteiger partial charge in [0.25, 0.3) is 0 Å². The fraction of sp³-hybridized carbons (Fsp3) is 0.167. The predicted octanol–water partition coefficient (Wildman–Crippen LogP) is 3.87. The Morgan fingerprint density at radius 2 is 1.38 bits per heavy atom. The molecular formula is C12H16S. The van der Waals surface area contributed by atoms with E-state index in [4.69, 9.17) is 0 Å². The Hall–Kier alpha value is -0.950. The van der Waals surface area contributed by atoms with Crippen LogP contribution in [0.2, 0.25) is 0 Å². The number of hydrogen-bond acceptors (Lipinski definition) is 0. The molecule has 0 N–H and O–H groups in total. The number of hydrogen-bond donors (Lipinski definition) is 0. The summed E-state index contributed by atoms with van der Waals surface area (Å²) in [7, 11) is 0. The highest BCUT2D eigenvalue weighted by atomic mass is 32.1. The Bertz CT molecular complexity index is 294. The van der Waals surface area contributed by atoms with E-state index in [9.17, 15) is 0 Å². The maximum Gasteiger partial charge on any atom is -0.0227 e. The lowest BCUT2D eigenvalue weighted by Crippen LogP contribution is -1.81. The maximum atomic E-state index is 3.90. The first-order valence-electron chi connectivity index (χ1n) is 4.03. The molecule has 0 atom stereocenters. The van der Waals surface area contributed by atoms with Gasteiger partial charge in [0.2, 0.25) is 0 Å². The van der Waals surface area contributed by atoms with Crippen LogP contribution in [0.4, 0.5) is 0 Å². The minimum absolute atomic E-state index is 0.